The van der Waals surface area contributed by atoms with Gasteiger partial charge in [0.15, 0.2) is 0 Å². The molecule has 1 aromatic rings. The Balaban J connectivity index is 2.03. The zero-order valence-electron chi connectivity index (χ0n) is 12.7. The maximum atomic E-state index is 3.74. The molecular weight excluding hydrogens is 232 g/mol. The van der Waals surface area contributed by atoms with Crippen LogP contribution in [0.5, 0.6) is 0 Å². The van der Waals surface area contributed by atoms with E-state index in [0.717, 1.165) is 13.1 Å². The standard InChI is InChI=1S/C17H28N2/c1-4-5-9-12-19-14-17(3,18-13-15(19)2)16-10-7-6-8-11-16/h6-8,10-11,15,18H,4-5,9,12-14H2,1-3H3. The van der Waals surface area contributed by atoms with Crippen LogP contribution in [0.3, 0.4) is 0 Å². The first kappa shape index (κ1) is 14.5. The molecule has 106 valence electrons. The molecule has 0 spiro atoms. The summed E-state index contributed by atoms with van der Waals surface area (Å²) < 4.78 is 0. The zero-order valence-corrected chi connectivity index (χ0v) is 12.7. The molecule has 0 bridgehead atoms. The van der Waals surface area contributed by atoms with Gasteiger partial charge in [-0.2, -0.15) is 0 Å². The van der Waals surface area contributed by atoms with Crippen molar-refractivity contribution in [1.82, 2.24) is 10.2 Å². The number of nitrogens with one attached hydrogen (secondary N) is 1. The molecule has 1 aliphatic heterocycles. The fourth-order valence-corrected chi connectivity index (χ4v) is 2.98. The molecule has 2 heteroatoms. The topological polar surface area (TPSA) is 15.3 Å². The van der Waals surface area contributed by atoms with Crippen molar-refractivity contribution in [3.05, 3.63) is 35.9 Å². The smallest absolute Gasteiger partial charge is 0.0535 e. The van der Waals surface area contributed by atoms with Crippen LogP contribution in [0.15, 0.2) is 30.3 Å². The number of rotatable bonds is 5. The molecule has 1 saturated heterocycles. The van der Waals surface area contributed by atoms with Crippen LogP contribution in [0.1, 0.15) is 45.6 Å². The van der Waals surface area contributed by atoms with E-state index in [4.69, 9.17) is 0 Å². The fraction of sp³-hybridized carbons (Fsp3) is 0.647. The van der Waals surface area contributed by atoms with Crippen molar-refractivity contribution in [3.63, 3.8) is 0 Å². The summed E-state index contributed by atoms with van der Waals surface area (Å²) in [5.41, 5.74) is 1.50. The minimum Gasteiger partial charge on any atom is -0.305 e. The number of piperazine rings is 1. The number of unbranched alkanes of at least 4 members (excludes halogenated alkanes) is 2. The Kier molecular flexibility index (Phi) is 5.00. The summed E-state index contributed by atoms with van der Waals surface area (Å²) in [4.78, 5) is 2.65. The molecule has 0 radical (unpaired) electrons. The van der Waals surface area contributed by atoms with Crippen LogP contribution in [0.2, 0.25) is 0 Å². The minimum atomic E-state index is 0.0972. The van der Waals surface area contributed by atoms with Crippen molar-refractivity contribution in [2.24, 2.45) is 0 Å². The van der Waals surface area contributed by atoms with Crippen molar-refractivity contribution >= 4 is 0 Å². The van der Waals surface area contributed by atoms with Crippen LogP contribution in [0.25, 0.3) is 0 Å². The van der Waals surface area contributed by atoms with Crippen molar-refractivity contribution in [2.75, 3.05) is 19.6 Å². The van der Waals surface area contributed by atoms with Gasteiger partial charge in [-0.1, -0.05) is 50.1 Å². The van der Waals surface area contributed by atoms with Crippen LogP contribution in [-0.4, -0.2) is 30.6 Å². The molecule has 2 nitrogen and oxygen atoms in total. The second-order valence-electron chi connectivity index (χ2n) is 6.11. The quantitative estimate of drug-likeness (QED) is 0.816. The van der Waals surface area contributed by atoms with Crippen molar-refractivity contribution in [1.29, 1.82) is 0 Å². The first-order valence-corrected chi connectivity index (χ1v) is 7.70. The van der Waals surface area contributed by atoms with E-state index in [2.05, 4.69) is 61.3 Å². The van der Waals surface area contributed by atoms with Gasteiger partial charge >= 0.3 is 0 Å². The Morgan fingerprint density at radius 1 is 1.26 bits per heavy atom. The van der Waals surface area contributed by atoms with Crippen LogP contribution in [-0.2, 0) is 5.54 Å². The third kappa shape index (κ3) is 3.58. The van der Waals surface area contributed by atoms with E-state index in [1.807, 2.05) is 0 Å². The van der Waals surface area contributed by atoms with Gasteiger partial charge in [0.25, 0.3) is 0 Å². The van der Waals surface area contributed by atoms with Crippen LogP contribution >= 0.6 is 0 Å². The highest BCUT2D eigenvalue weighted by atomic mass is 15.2. The van der Waals surface area contributed by atoms with E-state index in [-0.39, 0.29) is 5.54 Å². The lowest BCUT2D eigenvalue weighted by Crippen LogP contribution is -2.60. The Morgan fingerprint density at radius 2 is 2.00 bits per heavy atom. The predicted octanol–water partition coefficient (Wildman–Crippen LogP) is 3.39. The number of hydrogen-bond donors (Lipinski definition) is 1. The summed E-state index contributed by atoms with van der Waals surface area (Å²) in [6.45, 7) is 10.4. The Labute approximate surface area is 118 Å². The Bertz CT molecular complexity index is 376. The minimum absolute atomic E-state index is 0.0972. The highest BCUT2D eigenvalue weighted by molar-refractivity contribution is 5.25. The average molecular weight is 260 g/mol. The fourth-order valence-electron chi connectivity index (χ4n) is 2.98. The molecule has 1 N–H and O–H groups in total. The van der Waals surface area contributed by atoms with Gasteiger partial charge in [0.1, 0.15) is 0 Å². The zero-order chi connectivity index (χ0) is 13.7. The van der Waals surface area contributed by atoms with E-state index < -0.39 is 0 Å². The highest BCUT2D eigenvalue weighted by Gasteiger charge is 2.34. The molecule has 2 atom stereocenters. The third-order valence-electron chi connectivity index (χ3n) is 4.39. The molecule has 1 heterocycles. The third-order valence-corrected chi connectivity index (χ3v) is 4.39. The van der Waals surface area contributed by atoms with Crippen LogP contribution in [0.4, 0.5) is 0 Å². The van der Waals surface area contributed by atoms with E-state index in [1.165, 1.54) is 31.4 Å². The van der Waals surface area contributed by atoms with Gasteiger partial charge in [-0.05, 0) is 32.4 Å². The van der Waals surface area contributed by atoms with Crippen LogP contribution in [0, 0.1) is 0 Å². The van der Waals surface area contributed by atoms with Crippen molar-refractivity contribution in [3.8, 4) is 0 Å². The first-order chi connectivity index (χ1) is 9.15. The number of benzene rings is 1. The molecular formula is C17H28N2. The van der Waals surface area contributed by atoms with E-state index >= 15 is 0 Å². The molecule has 0 saturated carbocycles. The first-order valence-electron chi connectivity index (χ1n) is 7.70. The van der Waals surface area contributed by atoms with Gasteiger partial charge in [-0.3, -0.25) is 4.90 Å². The molecule has 0 aliphatic carbocycles. The lowest BCUT2D eigenvalue weighted by atomic mass is 9.88. The van der Waals surface area contributed by atoms with Gasteiger partial charge in [0.05, 0.1) is 5.54 Å². The summed E-state index contributed by atoms with van der Waals surface area (Å²) in [7, 11) is 0. The average Bonchev–Trinajstić information content (AvgIpc) is 2.44. The molecule has 2 unspecified atom stereocenters. The van der Waals surface area contributed by atoms with Crippen LogP contribution < -0.4 is 5.32 Å². The lowest BCUT2D eigenvalue weighted by Gasteiger charge is -2.45. The predicted molar refractivity (Wildman–Crippen MR) is 82.4 cm³/mol. The van der Waals surface area contributed by atoms with Crippen molar-refractivity contribution in [2.45, 2.75) is 51.6 Å². The molecule has 0 aromatic heterocycles. The van der Waals surface area contributed by atoms with E-state index in [9.17, 15) is 0 Å². The summed E-state index contributed by atoms with van der Waals surface area (Å²) in [5, 5.41) is 3.74. The second kappa shape index (κ2) is 6.53. The van der Waals surface area contributed by atoms with Gasteiger partial charge in [-0.25, -0.2) is 0 Å². The summed E-state index contributed by atoms with van der Waals surface area (Å²) in [6.07, 6.45) is 3.97. The SMILES string of the molecule is CCCCCN1CC(C)(c2ccccc2)NCC1C. The lowest BCUT2D eigenvalue weighted by molar-refractivity contribution is 0.0929. The number of nitrogens with zero attached hydrogens (tertiary/aromatic N) is 1. The molecule has 1 aromatic carbocycles. The monoisotopic (exact) mass is 260 g/mol. The molecule has 0 amide bonds. The Morgan fingerprint density at radius 3 is 2.68 bits per heavy atom. The van der Waals surface area contributed by atoms with Gasteiger partial charge in [-0.15, -0.1) is 0 Å². The molecule has 1 fully saturated rings. The molecule has 2 rings (SSSR count). The second-order valence-corrected chi connectivity index (χ2v) is 6.11. The maximum Gasteiger partial charge on any atom is 0.0535 e. The van der Waals surface area contributed by atoms with Gasteiger partial charge < -0.3 is 5.32 Å². The summed E-state index contributed by atoms with van der Waals surface area (Å²) in [6, 6.07) is 11.5. The molecule has 1 aliphatic rings. The number of hydrogen-bond acceptors (Lipinski definition) is 2. The van der Waals surface area contributed by atoms with Gasteiger partial charge in [0.2, 0.25) is 0 Å². The van der Waals surface area contributed by atoms with Gasteiger partial charge in [0, 0.05) is 19.1 Å². The highest BCUT2D eigenvalue weighted by Crippen LogP contribution is 2.26. The maximum absolute atomic E-state index is 3.74. The Hall–Kier alpha value is -0.860. The largest absolute Gasteiger partial charge is 0.305 e. The molecule has 19 heavy (non-hydrogen) atoms. The summed E-state index contributed by atoms with van der Waals surface area (Å²) in [5.74, 6) is 0. The normalized spacial score (nSPS) is 28.5. The van der Waals surface area contributed by atoms with Crippen molar-refractivity contribution < 1.29 is 0 Å². The van der Waals surface area contributed by atoms with E-state index in [0.29, 0.717) is 6.04 Å². The van der Waals surface area contributed by atoms with E-state index in [1.54, 1.807) is 0 Å². The summed E-state index contributed by atoms with van der Waals surface area (Å²) >= 11 is 0.